The van der Waals surface area contributed by atoms with Crippen molar-refractivity contribution >= 4 is 0 Å². The standard InChI is InChI=1S/C14H18N2O2/c1-3-16-9-8-15-14(16)13(17)12-6-4-11(5-7-12)10-18-2/h4-9,13,17H,3,10H2,1-2H3. The smallest absolute Gasteiger partial charge is 0.142 e. The highest BCUT2D eigenvalue weighted by Crippen LogP contribution is 2.21. The zero-order valence-electron chi connectivity index (χ0n) is 10.7. The first-order valence-corrected chi connectivity index (χ1v) is 6.03. The summed E-state index contributed by atoms with van der Waals surface area (Å²) >= 11 is 0. The van der Waals surface area contributed by atoms with Crippen LogP contribution < -0.4 is 0 Å². The molecular formula is C14H18N2O2. The van der Waals surface area contributed by atoms with Gasteiger partial charge in [0.1, 0.15) is 11.9 Å². The van der Waals surface area contributed by atoms with E-state index in [9.17, 15) is 5.11 Å². The molecule has 0 aliphatic carbocycles. The Morgan fingerprint density at radius 3 is 2.67 bits per heavy atom. The number of hydrogen-bond acceptors (Lipinski definition) is 3. The molecule has 4 nitrogen and oxygen atoms in total. The van der Waals surface area contributed by atoms with Crippen molar-refractivity contribution in [2.24, 2.45) is 0 Å². The number of ether oxygens (including phenoxy) is 1. The lowest BCUT2D eigenvalue weighted by atomic mass is 10.1. The molecule has 1 aromatic carbocycles. The number of aliphatic hydroxyl groups excluding tert-OH is 1. The topological polar surface area (TPSA) is 47.3 Å². The Bertz CT molecular complexity index is 491. The third-order valence-electron chi connectivity index (χ3n) is 2.94. The molecule has 0 aliphatic rings. The van der Waals surface area contributed by atoms with Gasteiger partial charge in [-0.1, -0.05) is 24.3 Å². The van der Waals surface area contributed by atoms with Crippen molar-refractivity contribution in [1.29, 1.82) is 0 Å². The average Bonchev–Trinajstić information content (AvgIpc) is 2.87. The normalized spacial score (nSPS) is 12.6. The predicted octanol–water partition coefficient (Wildman–Crippen LogP) is 2.13. The van der Waals surface area contributed by atoms with Crippen molar-refractivity contribution in [3.8, 4) is 0 Å². The van der Waals surface area contributed by atoms with Crippen molar-refractivity contribution in [1.82, 2.24) is 9.55 Å². The van der Waals surface area contributed by atoms with Crippen LogP contribution in [0.1, 0.15) is 30.0 Å². The number of hydrogen-bond donors (Lipinski definition) is 1. The molecule has 2 aromatic rings. The van der Waals surface area contributed by atoms with Crippen molar-refractivity contribution in [2.45, 2.75) is 26.2 Å². The van der Waals surface area contributed by atoms with Gasteiger partial charge in [0.05, 0.1) is 6.61 Å². The highest BCUT2D eigenvalue weighted by Gasteiger charge is 2.15. The maximum absolute atomic E-state index is 10.3. The van der Waals surface area contributed by atoms with Gasteiger partial charge in [-0.2, -0.15) is 0 Å². The van der Waals surface area contributed by atoms with Crippen LogP contribution in [0.3, 0.4) is 0 Å². The van der Waals surface area contributed by atoms with Gasteiger partial charge in [0.15, 0.2) is 0 Å². The molecule has 0 aliphatic heterocycles. The van der Waals surface area contributed by atoms with Gasteiger partial charge in [-0.15, -0.1) is 0 Å². The third-order valence-corrected chi connectivity index (χ3v) is 2.94. The van der Waals surface area contributed by atoms with Gasteiger partial charge < -0.3 is 14.4 Å². The van der Waals surface area contributed by atoms with Gasteiger partial charge in [0, 0.05) is 26.0 Å². The van der Waals surface area contributed by atoms with Crippen LogP contribution in [0.4, 0.5) is 0 Å². The predicted molar refractivity (Wildman–Crippen MR) is 69.1 cm³/mol. The quantitative estimate of drug-likeness (QED) is 0.879. The van der Waals surface area contributed by atoms with Gasteiger partial charge in [-0.25, -0.2) is 4.98 Å². The van der Waals surface area contributed by atoms with E-state index < -0.39 is 6.10 Å². The van der Waals surface area contributed by atoms with Gasteiger partial charge >= 0.3 is 0 Å². The number of rotatable bonds is 5. The van der Waals surface area contributed by atoms with Gasteiger partial charge in [-0.3, -0.25) is 0 Å². The van der Waals surface area contributed by atoms with Crippen LogP contribution in [0.5, 0.6) is 0 Å². The van der Waals surface area contributed by atoms with E-state index in [4.69, 9.17) is 4.74 Å². The molecule has 4 heteroatoms. The fourth-order valence-corrected chi connectivity index (χ4v) is 1.95. The van der Waals surface area contributed by atoms with Crippen LogP contribution in [0, 0.1) is 0 Å². The highest BCUT2D eigenvalue weighted by atomic mass is 16.5. The summed E-state index contributed by atoms with van der Waals surface area (Å²) in [7, 11) is 1.67. The molecule has 0 bridgehead atoms. The zero-order chi connectivity index (χ0) is 13.0. The summed E-state index contributed by atoms with van der Waals surface area (Å²) in [5.41, 5.74) is 1.93. The molecule has 2 rings (SSSR count). The van der Waals surface area contributed by atoms with Crippen LogP contribution >= 0.6 is 0 Å². The van der Waals surface area contributed by atoms with Crippen molar-refractivity contribution in [3.05, 3.63) is 53.6 Å². The van der Waals surface area contributed by atoms with E-state index in [2.05, 4.69) is 4.98 Å². The molecule has 0 amide bonds. The minimum absolute atomic E-state index is 0.583. The van der Waals surface area contributed by atoms with Crippen LogP contribution in [0.2, 0.25) is 0 Å². The third kappa shape index (κ3) is 2.60. The molecular weight excluding hydrogens is 228 g/mol. The van der Waals surface area contributed by atoms with Crippen molar-refractivity contribution < 1.29 is 9.84 Å². The lowest BCUT2D eigenvalue weighted by Gasteiger charge is -2.13. The molecule has 96 valence electrons. The molecule has 0 fully saturated rings. The first kappa shape index (κ1) is 12.8. The largest absolute Gasteiger partial charge is 0.380 e. The fraction of sp³-hybridized carbons (Fsp3) is 0.357. The van der Waals surface area contributed by atoms with E-state index >= 15 is 0 Å². The minimum Gasteiger partial charge on any atom is -0.380 e. The Kier molecular flexibility index (Phi) is 4.12. The Balaban J connectivity index is 2.20. The number of benzene rings is 1. The van der Waals surface area contributed by atoms with E-state index in [1.54, 1.807) is 13.3 Å². The average molecular weight is 246 g/mol. The molecule has 1 unspecified atom stereocenters. The summed E-state index contributed by atoms with van der Waals surface area (Å²) in [5.74, 6) is 0.678. The summed E-state index contributed by atoms with van der Waals surface area (Å²) in [6.45, 7) is 3.41. The summed E-state index contributed by atoms with van der Waals surface area (Å²) < 4.78 is 7.00. The molecule has 1 N–H and O–H groups in total. The lowest BCUT2D eigenvalue weighted by molar-refractivity contribution is 0.184. The second-order valence-electron chi connectivity index (χ2n) is 4.15. The summed E-state index contributed by atoms with van der Waals surface area (Å²) in [5, 5.41) is 10.3. The van der Waals surface area contributed by atoms with Gasteiger partial charge in [-0.05, 0) is 18.1 Å². The maximum atomic E-state index is 10.3. The highest BCUT2D eigenvalue weighted by molar-refractivity contribution is 5.27. The minimum atomic E-state index is -0.684. The molecule has 0 spiro atoms. The molecule has 1 atom stereocenters. The van der Waals surface area contributed by atoms with Crippen LogP contribution in [-0.2, 0) is 17.9 Å². The Labute approximate surface area is 107 Å². The summed E-state index contributed by atoms with van der Waals surface area (Å²) in [6, 6.07) is 7.74. The first-order chi connectivity index (χ1) is 8.76. The number of methoxy groups -OCH3 is 1. The number of nitrogens with zero attached hydrogens (tertiary/aromatic N) is 2. The van der Waals surface area contributed by atoms with E-state index in [1.807, 2.05) is 42.0 Å². The Morgan fingerprint density at radius 1 is 1.33 bits per heavy atom. The van der Waals surface area contributed by atoms with Gasteiger partial charge in [0.25, 0.3) is 0 Å². The number of aliphatic hydroxyl groups is 1. The van der Waals surface area contributed by atoms with E-state index in [0.29, 0.717) is 12.4 Å². The van der Waals surface area contributed by atoms with Crippen molar-refractivity contribution in [3.63, 3.8) is 0 Å². The molecule has 18 heavy (non-hydrogen) atoms. The first-order valence-electron chi connectivity index (χ1n) is 6.03. The zero-order valence-corrected chi connectivity index (χ0v) is 10.7. The fourth-order valence-electron chi connectivity index (χ4n) is 1.95. The van der Waals surface area contributed by atoms with E-state index in [0.717, 1.165) is 17.7 Å². The lowest BCUT2D eigenvalue weighted by Crippen LogP contribution is -2.08. The van der Waals surface area contributed by atoms with E-state index in [-0.39, 0.29) is 0 Å². The van der Waals surface area contributed by atoms with Crippen molar-refractivity contribution in [2.75, 3.05) is 7.11 Å². The molecule has 0 saturated carbocycles. The number of aromatic nitrogens is 2. The SMILES string of the molecule is CCn1ccnc1C(O)c1ccc(COC)cc1. The van der Waals surface area contributed by atoms with Crippen LogP contribution in [0.15, 0.2) is 36.7 Å². The maximum Gasteiger partial charge on any atom is 0.142 e. The number of imidazole rings is 1. The summed E-state index contributed by atoms with van der Waals surface area (Å²) in [4.78, 5) is 4.21. The number of aryl methyl sites for hydroxylation is 1. The molecule has 1 aromatic heterocycles. The second kappa shape index (κ2) is 5.80. The van der Waals surface area contributed by atoms with E-state index in [1.165, 1.54) is 0 Å². The molecule has 1 heterocycles. The summed E-state index contributed by atoms with van der Waals surface area (Å²) in [6.07, 6.45) is 2.90. The van der Waals surface area contributed by atoms with Crippen LogP contribution in [0.25, 0.3) is 0 Å². The van der Waals surface area contributed by atoms with Gasteiger partial charge in [0.2, 0.25) is 0 Å². The monoisotopic (exact) mass is 246 g/mol. The Morgan fingerprint density at radius 2 is 2.06 bits per heavy atom. The molecule has 0 radical (unpaired) electrons. The molecule has 0 saturated heterocycles. The second-order valence-corrected chi connectivity index (χ2v) is 4.15. The van der Waals surface area contributed by atoms with Crippen LogP contribution in [-0.4, -0.2) is 21.8 Å². The Hall–Kier alpha value is -1.65.